The van der Waals surface area contributed by atoms with Crippen LogP contribution in [0.1, 0.15) is 43.7 Å². The van der Waals surface area contributed by atoms with E-state index in [2.05, 4.69) is 60.0 Å². The van der Waals surface area contributed by atoms with Crippen molar-refractivity contribution in [2.45, 2.75) is 51.7 Å². The summed E-state index contributed by atoms with van der Waals surface area (Å²) in [5.41, 5.74) is 4.20. The lowest BCUT2D eigenvalue weighted by atomic mass is 9.79. The number of nitrogens with one attached hydrogen (secondary N) is 1. The molecule has 1 saturated carbocycles. The van der Waals surface area contributed by atoms with E-state index in [9.17, 15) is 5.26 Å². The summed E-state index contributed by atoms with van der Waals surface area (Å²) in [5.74, 6) is 3.24. The van der Waals surface area contributed by atoms with Gasteiger partial charge >= 0.3 is 0 Å². The smallest absolute Gasteiger partial charge is 0.227 e. The fourth-order valence-corrected chi connectivity index (χ4v) is 6.40. The summed E-state index contributed by atoms with van der Waals surface area (Å²) in [4.78, 5) is 11.7. The second-order valence-electron chi connectivity index (χ2n) is 12.2. The van der Waals surface area contributed by atoms with Gasteiger partial charge in [0.05, 0.1) is 38.1 Å². The molecule has 2 aliphatic rings. The molecule has 12 heteroatoms. The number of tetrazole rings is 1. The van der Waals surface area contributed by atoms with E-state index in [1.165, 1.54) is 44.1 Å². The molecule has 3 heterocycles. The highest BCUT2D eigenvalue weighted by Crippen LogP contribution is 2.34. The number of anilines is 2. The highest BCUT2D eigenvalue weighted by molar-refractivity contribution is 5.68. The minimum atomic E-state index is -0.254. The van der Waals surface area contributed by atoms with Crippen molar-refractivity contribution < 1.29 is 14.2 Å². The van der Waals surface area contributed by atoms with Gasteiger partial charge in [0.2, 0.25) is 5.95 Å². The number of hydrogen-bond acceptors (Lipinski definition) is 11. The van der Waals surface area contributed by atoms with Gasteiger partial charge in [-0.3, -0.25) is 4.90 Å². The van der Waals surface area contributed by atoms with E-state index < -0.39 is 0 Å². The summed E-state index contributed by atoms with van der Waals surface area (Å²) in [5, 5.41) is 24.1. The van der Waals surface area contributed by atoms with Gasteiger partial charge in [-0.25, -0.2) is 14.6 Å². The van der Waals surface area contributed by atoms with Crippen molar-refractivity contribution >= 4 is 11.6 Å². The summed E-state index contributed by atoms with van der Waals surface area (Å²) in [6, 6.07) is 14.0. The molecule has 0 radical (unpaired) electrons. The third-order valence-corrected chi connectivity index (χ3v) is 8.87. The number of methoxy groups -OCH3 is 1. The van der Waals surface area contributed by atoms with Crippen LogP contribution in [0.4, 0.5) is 11.6 Å². The van der Waals surface area contributed by atoms with E-state index in [0.717, 1.165) is 61.2 Å². The van der Waals surface area contributed by atoms with Crippen molar-refractivity contribution in [1.29, 1.82) is 5.26 Å². The molecule has 0 spiro atoms. The maximum absolute atomic E-state index is 9.61. The van der Waals surface area contributed by atoms with Gasteiger partial charge in [0, 0.05) is 37.6 Å². The van der Waals surface area contributed by atoms with E-state index in [1.807, 2.05) is 19.1 Å². The van der Waals surface area contributed by atoms with Crippen molar-refractivity contribution in [3.63, 3.8) is 0 Å². The highest BCUT2D eigenvalue weighted by atomic mass is 16.5. The fourth-order valence-electron chi connectivity index (χ4n) is 6.40. The molecule has 2 fully saturated rings. The standard InChI is InChI=1S/C34H41N9O3/c1-24(21-43-23-38-40-41-43)46-32-17-28(8-9-29(32)18-35)30-19-36-34(37-20-30)39-31-10-7-27(16-33(31)44-2)15-25-3-5-26(6-4-25)22-42-11-13-45-14-12-42/h7-10,16-17,19-20,23-26H,3-6,11-15,21-22H2,1-2H3,(H,36,37,39)/t24-,25?,26?/m0/s1. The van der Waals surface area contributed by atoms with E-state index >= 15 is 0 Å². The SMILES string of the molecule is COc1cc(CC2CCC(CN3CCOCC3)CC2)ccc1Nc1ncc(-c2ccc(C#N)c(O[C@@H](C)Cn3cnnn3)c2)cn1. The van der Waals surface area contributed by atoms with Crippen molar-refractivity contribution in [3.05, 3.63) is 66.2 Å². The Bertz CT molecular complexity index is 1590. The minimum absolute atomic E-state index is 0.254. The lowest BCUT2D eigenvalue weighted by Crippen LogP contribution is -2.40. The Morgan fingerprint density at radius 3 is 2.50 bits per heavy atom. The van der Waals surface area contributed by atoms with Gasteiger partial charge in [0.1, 0.15) is 30.0 Å². The lowest BCUT2D eigenvalue weighted by molar-refractivity contribution is 0.0264. The number of nitrogens with zero attached hydrogens (tertiary/aromatic N) is 8. The maximum atomic E-state index is 9.61. The fraction of sp³-hybridized carbons (Fsp3) is 0.471. The van der Waals surface area contributed by atoms with E-state index in [-0.39, 0.29) is 6.10 Å². The highest BCUT2D eigenvalue weighted by Gasteiger charge is 2.24. The summed E-state index contributed by atoms with van der Waals surface area (Å²) in [6.07, 6.45) is 11.0. The molecular formula is C34H41N9O3. The zero-order valence-corrected chi connectivity index (χ0v) is 26.5. The Labute approximate surface area is 269 Å². The van der Waals surface area contributed by atoms with E-state index in [1.54, 1.807) is 30.3 Å². The van der Waals surface area contributed by atoms with Crippen molar-refractivity contribution in [2.75, 3.05) is 45.3 Å². The zero-order valence-electron chi connectivity index (χ0n) is 26.5. The van der Waals surface area contributed by atoms with Crippen LogP contribution in [0.25, 0.3) is 11.1 Å². The molecule has 1 N–H and O–H groups in total. The van der Waals surface area contributed by atoms with Crippen molar-refractivity contribution in [2.24, 2.45) is 11.8 Å². The first-order chi connectivity index (χ1) is 22.6. The summed E-state index contributed by atoms with van der Waals surface area (Å²) in [6.45, 7) is 7.48. The molecule has 1 aliphatic carbocycles. The predicted octanol–water partition coefficient (Wildman–Crippen LogP) is 4.90. The molecule has 0 bridgehead atoms. The number of aromatic nitrogens is 6. The topological polar surface area (TPSA) is 136 Å². The van der Waals surface area contributed by atoms with Gasteiger partial charge in [0.15, 0.2) is 0 Å². The van der Waals surface area contributed by atoms with Crippen LogP contribution in [-0.2, 0) is 17.7 Å². The molecule has 0 amide bonds. The molecule has 1 saturated heterocycles. The Balaban J connectivity index is 1.05. The van der Waals surface area contributed by atoms with Crippen LogP contribution in [0.2, 0.25) is 0 Å². The molecule has 46 heavy (non-hydrogen) atoms. The molecule has 4 aromatic rings. The molecular weight excluding hydrogens is 582 g/mol. The van der Waals surface area contributed by atoms with Gasteiger partial charge in [0.25, 0.3) is 0 Å². The van der Waals surface area contributed by atoms with Crippen LogP contribution >= 0.6 is 0 Å². The number of morpholine rings is 1. The maximum Gasteiger partial charge on any atom is 0.227 e. The Hall–Kier alpha value is -4.60. The molecule has 1 aliphatic heterocycles. The molecule has 2 aromatic heterocycles. The summed E-state index contributed by atoms with van der Waals surface area (Å²) in [7, 11) is 1.69. The minimum Gasteiger partial charge on any atom is -0.495 e. The first-order valence-corrected chi connectivity index (χ1v) is 16.0. The second-order valence-corrected chi connectivity index (χ2v) is 12.2. The first kappa shape index (κ1) is 31.4. The lowest BCUT2D eigenvalue weighted by Gasteiger charge is -2.34. The first-order valence-electron chi connectivity index (χ1n) is 16.0. The molecule has 6 rings (SSSR count). The van der Waals surface area contributed by atoms with Gasteiger partial charge in [-0.15, -0.1) is 5.10 Å². The van der Waals surface area contributed by atoms with E-state index in [4.69, 9.17) is 14.2 Å². The number of nitriles is 1. The van der Waals surface area contributed by atoms with Crippen LogP contribution in [0.5, 0.6) is 11.5 Å². The second kappa shape index (κ2) is 15.1. The number of rotatable bonds is 12. The molecule has 2 aromatic carbocycles. The summed E-state index contributed by atoms with van der Waals surface area (Å²) >= 11 is 0. The van der Waals surface area contributed by atoms with E-state index in [0.29, 0.717) is 29.7 Å². The third kappa shape index (κ3) is 8.16. The largest absolute Gasteiger partial charge is 0.495 e. The van der Waals surface area contributed by atoms with Crippen LogP contribution in [0, 0.1) is 23.2 Å². The molecule has 240 valence electrons. The number of hydrogen-bond donors (Lipinski definition) is 1. The monoisotopic (exact) mass is 623 g/mol. The Kier molecular flexibility index (Phi) is 10.3. The average Bonchev–Trinajstić information content (AvgIpc) is 3.60. The zero-order chi connectivity index (χ0) is 31.7. The number of benzene rings is 2. The van der Waals surface area contributed by atoms with Crippen LogP contribution in [0.3, 0.4) is 0 Å². The van der Waals surface area contributed by atoms with Gasteiger partial charge in [-0.1, -0.05) is 12.1 Å². The normalized spacial score (nSPS) is 19.2. The quantitative estimate of drug-likeness (QED) is 0.231. The Morgan fingerprint density at radius 2 is 1.78 bits per heavy atom. The third-order valence-electron chi connectivity index (χ3n) is 8.87. The van der Waals surface area contributed by atoms with Crippen molar-refractivity contribution in [3.8, 4) is 28.7 Å². The molecule has 12 nitrogen and oxygen atoms in total. The Morgan fingerprint density at radius 1 is 1.00 bits per heavy atom. The molecule has 0 unspecified atom stereocenters. The van der Waals surface area contributed by atoms with Gasteiger partial charge in [-0.2, -0.15) is 5.26 Å². The average molecular weight is 624 g/mol. The summed E-state index contributed by atoms with van der Waals surface area (Å²) < 4.78 is 18.9. The van der Waals surface area contributed by atoms with Crippen LogP contribution < -0.4 is 14.8 Å². The van der Waals surface area contributed by atoms with Gasteiger partial charge < -0.3 is 19.5 Å². The molecule has 1 atom stereocenters. The number of ether oxygens (including phenoxy) is 3. The predicted molar refractivity (Wildman–Crippen MR) is 173 cm³/mol. The van der Waals surface area contributed by atoms with Gasteiger partial charge in [-0.05, 0) is 96.7 Å². The van der Waals surface area contributed by atoms with Crippen LogP contribution in [0.15, 0.2) is 55.1 Å². The van der Waals surface area contributed by atoms with Crippen molar-refractivity contribution in [1.82, 2.24) is 35.1 Å². The van der Waals surface area contributed by atoms with Crippen LogP contribution in [-0.4, -0.2) is 81.1 Å².